The number of benzene rings is 1. The lowest BCUT2D eigenvalue weighted by Crippen LogP contribution is -2.37. The van der Waals surface area contributed by atoms with Gasteiger partial charge in [-0.2, -0.15) is 0 Å². The van der Waals surface area contributed by atoms with Crippen molar-refractivity contribution in [2.45, 2.75) is 26.2 Å². The van der Waals surface area contributed by atoms with E-state index in [9.17, 15) is 9.59 Å². The highest BCUT2D eigenvalue weighted by Crippen LogP contribution is 2.26. The lowest BCUT2D eigenvalue weighted by molar-refractivity contribution is -0.137. The van der Waals surface area contributed by atoms with E-state index < -0.39 is 5.97 Å². The Balaban J connectivity index is 2.29. The maximum absolute atomic E-state index is 12.6. The number of hydrogen-bond acceptors (Lipinski definition) is 3. The molecule has 1 aromatic rings. The lowest BCUT2D eigenvalue weighted by Gasteiger charge is -2.25. The third kappa shape index (κ3) is 3.10. The zero-order valence-electron chi connectivity index (χ0n) is 11.7. The van der Waals surface area contributed by atoms with Gasteiger partial charge in [0.25, 0.3) is 5.91 Å². The molecule has 1 aromatic carbocycles. The highest BCUT2D eigenvalue weighted by atomic mass is 16.4. The van der Waals surface area contributed by atoms with Crippen molar-refractivity contribution in [1.82, 2.24) is 4.90 Å². The van der Waals surface area contributed by atoms with E-state index in [1.807, 2.05) is 19.1 Å². The van der Waals surface area contributed by atoms with Gasteiger partial charge in [-0.05, 0) is 37.0 Å². The van der Waals surface area contributed by atoms with Crippen LogP contribution >= 0.6 is 0 Å². The summed E-state index contributed by atoms with van der Waals surface area (Å²) in [6.07, 6.45) is 2.59. The molecule has 0 atom stereocenters. The second-order valence-corrected chi connectivity index (χ2v) is 4.98. The number of rotatable bonds is 5. The summed E-state index contributed by atoms with van der Waals surface area (Å²) >= 11 is 0. The summed E-state index contributed by atoms with van der Waals surface area (Å²) in [5.74, 6) is -1.16. The number of fused-ring (bicyclic) bond motifs is 1. The maximum atomic E-state index is 12.6. The van der Waals surface area contributed by atoms with Gasteiger partial charge in [-0.25, -0.2) is 0 Å². The molecule has 0 bridgehead atoms. The van der Waals surface area contributed by atoms with Crippen molar-refractivity contribution in [3.05, 3.63) is 29.3 Å². The zero-order chi connectivity index (χ0) is 14.5. The molecule has 1 amide bonds. The summed E-state index contributed by atoms with van der Waals surface area (Å²) in [6.45, 7) is 3.06. The summed E-state index contributed by atoms with van der Waals surface area (Å²) in [5, 5.41) is 12.2. The van der Waals surface area contributed by atoms with Crippen LogP contribution in [0.4, 0.5) is 5.69 Å². The van der Waals surface area contributed by atoms with Crippen LogP contribution in [-0.4, -0.2) is 41.5 Å². The van der Waals surface area contributed by atoms with Gasteiger partial charge in [0.15, 0.2) is 0 Å². The Morgan fingerprint density at radius 3 is 2.90 bits per heavy atom. The van der Waals surface area contributed by atoms with Crippen molar-refractivity contribution in [3.8, 4) is 0 Å². The summed E-state index contributed by atoms with van der Waals surface area (Å²) in [5.41, 5.74) is 2.63. The Morgan fingerprint density at radius 2 is 2.20 bits per heavy atom. The molecule has 108 valence electrons. The summed E-state index contributed by atoms with van der Waals surface area (Å²) < 4.78 is 0. The minimum atomic E-state index is -0.977. The Bertz CT molecular complexity index is 514. The molecule has 0 radical (unpaired) electrons. The van der Waals surface area contributed by atoms with Crippen molar-refractivity contribution in [1.29, 1.82) is 0 Å². The molecule has 1 aliphatic heterocycles. The van der Waals surface area contributed by atoms with Gasteiger partial charge < -0.3 is 15.3 Å². The fourth-order valence-corrected chi connectivity index (χ4v) is 2.57. The van der Waals surface area contributed by atoms with E-state index >= 15 is 0 Å². The molecule has 0 aromatic heterocycles. The lowest BCUT2D eigenvalue weighted by atomic mass is 9.96. The van der Waals surface area contributed by atoms with E-state index in [4.69, 9.17) is 5.11 Å². The number of carbonyl (C=O) groups excluding carboxylic acids is 1. The predicted octanol–water partition coefficient (Wildman–Crippen LogP) is 1.98. The summed E-state index contributed by atoms with van der Waals surface area (Å²) in [6, 6.07) is 5.60. The SMILES string of the molecule is CCCN(CC(=O)O)C(=O)c1cccc2c1CCCN2. The molecule has 1 heterocycles. The van der Waals surface area contributed by atoms with E-state index in [2.05, 4.69) is 5.32 Å². The number of nitrogens with zero attached hydrogens (tertiary/aromatic N) is 1. The quantitative estimate of drug-likeness (QED) is 0.862. The molecule has 0 saturated carbocycles. The first kappa shape index (κ1) is 14.4. The van der Waals surface area contributed by atoms with Crippen LogP contribution in [0.3, 0.4) is 0 Å². The predicted molar refractivity (Wildman–Crippen MR) is 77.1 cm³/mol. The molecule has 5 heteroatoms. The number of anilines is 1. The van der Waals surface area contributed by atoms with Gasteiger partial charge in [0.1, 0.15) is 6.54 Å². The molecule has 5 nitrogen and oxygen atoms in total. The smallest absolute Gasteiger partial charge is 0.323 e. The molecule has 20 heavy (non-hydrogen) atoms. The molecule has 0 aliphatic carbocycles. The van der Waals surface area contributed by atoms with Crippen molar-refractivity contribution in [2.75, 3.05) is 25.0 Å². The van der Waals surface area contributed by atoms with Gasteiger partial charge in [0.2, 0.25) is 0 Å². The van der Waals surface area contributed by atoms with Gasteiger partial charge in [-0.3, -0.25) is 9.59 Å². The number of hydrogen-bond donors (Lipinski definition) is 2. The summed E-state index contributed by atoms with van der Waals surface area (Å²) in [4.78, 5) is 24.9. The van der Waals surface area contributed by atoms with Crippen LogP contribution in [0, 0.1) is 0 Å². The van der Waals surface area contributed by atoms with Crippen LogP contribution < -0.4 is 5.32 Å². The number of carboxylic acids is 1. The largest absolute Gasteiger partial charge is 0.480 e. The van der Waals surface area contributed by atoms with Gasteiger partial charge in [-0.1, -0.05) is 13.0 Å². The third-order valence-electron chi connectivity index (χ3n) is 3.43. The van der Waals surface area contributed by atoms with Crippen molar-refractivity contribution in [3.63, 3.8) is 0 Å². The maximum Gasteiger partial charge on any atom is 0.323 e. The molecular weight excluding hydrogens is 256 g/mol. The number of carbonyl (C=O) groups is 2. The number of carboxylic acid groups (broad SMARTS) is 1. The highest BCUT2D eigenvalue weighted by Gasteiger charge is 2.22. The highest BCUT2D eigenvalue weighted by molar-refractivity contribution is 5.98. The van der Waals surface area contributed by atoms with E-state index in [0.717, 1.165) is 37.1 Å². The van der Waals surface area contributed by atoms with Crippen LogP contribution in [0.2, 0.25) is 0 Å². The van der Waals surface area contributed by atoms with Gasteiger partial charge >= 0.3 is 5.97 Å². The van der Waals surface area contributed by atoms with E-state index in [1.54, 1.807) is 6.07 Å². The molecule has 0 unspecified atom stereocenters. The third-order valence-corrected chi connectivity index (χ3v) is 3.43. The molecule has 0 saturated heterocycles. The fourth-order valence-electron chi connectivity index (χ4n) is 2.57. The average molecular weight is 276 g/mol. The van der Waals surface area contributed by atoms with Crippen molar-refractivity contribution >= 4 is 17.6 Å². The molecule has 2 rings (SSSR count). The first-order valence-electron chi connectivity index (χ1n) is 7.00. The van der Waals surface area contributed by atoms with Crippen LogP contribution in [0.25, 0.3) is 0 Å². The Morgan fingerprint density at radius 1 is 1.40 bits per heavy atom. The Labute approximate surface area is 118 Å². The minimum absolute atomic E-state index is 0.185. The van der Waals surface area contributed by atoms with Crippen LogP contribution in [0.15, 0.2) is 18.2 Å². The van der Waals surface area contributed by atoms with Crippen LogP contribution in [-0.2, 0) is 11.2 Å². The fraction of sp³-hybridized carbons (Fsp3) is 0.467. The van der Waals surface area contributed by atoms with Gasteiger partial charge in [-0.15, -0.1) is 0 Å². The Kier molecular flexibility index (Phi) is 4.61. The van der Waals surface area contributed by atoms with E-state index in [1.165, 1.54) is 4.90 Å². The van der Waals surface area contributed by atoms with E-state index in [-0.39, 0.29) is 12.5 Å². The second kappa shape index (κ2) is 6.41. The van der Waals surface area contributed by atoms with Gasteiger partial charge in [0.05, 0.1) is 0 Å². The van der Waals surface area contributed by atoms with Crippen LogP contribution in [0.1, 0.15) is 35.7 Å². The number of amides is 1. The standard InChI is InChI=1S/C15H20N2O3/c1-2-9-17(10-14(18)19)15(20)12-5-3-7-13-11(12)6-4-8-16-13/h3,5,7,16H,2,4,6,8-10H2,1H3,(H,18,19). The second-order valence-electron chi connectivity index (χ2n) is 4.98. The van der Waals surface area contributed by atoms with Crippen molar-refractivity contribution < 1.29 is 14.7 Å². The molecule has 0 spiro atoms. The molecule has 0 fully saturated rings. The summed E-state index contributed by atoms with van der Waals surface area (Å²) in [7, 11) is 0. The van der Waals surface area contributed by atoms with Gasteiger partial charge in [0, 0.05) is 24.3 Å². The number of nitrogens with one attached hydrogen (secondary N) is 1. The number of aliphatic carboxylic acids is 1. The zero-order valence-corrected chi connectivity index (χ0v) is 11.7. The first-order chi connectivity index (χ1) is 9.63. The first-order valence-corrected chi connectivity index (χ1v) is 7.00. The molecule has 1 aliphatic rings. The molecular formula is C15H20N2O3. The van der Waals surface area contributed by atoms with Crippen molar-refractivity contribution in [2.24, 2.45) is 0 Å². The minimum Gasteiger partial charge on any atom is -0.480 e. The topological polar surface area (TPSA) is 69.6 Å². The Hall–Kier alpha value is -2.04. The van der Waals surface area contributed by atoms with E-state index in [0.29, 0.717) is 12.1 Å². The van der Waals surface area contributed by atoms with Crippen LogP contribution in [0.5, 0.6) is 0 Å². The monoisotopic (exact) mass is 276 g/mol. The average Bonchev–Trinajstić information content (AvgIpc) is 2.45. The molecule has 2 N–H and O–H groups in total. The normalized spacial score (nSPS) is 13.2.